The molecule has 17 heavy (non-hydrogen) atoms. The highest BCUT2D eigenvalue weighted by Gasteiger charge is 2.31. The van der Waals surface area contributed by atoms with Gasteiger partial charge in [0.25, 0.3) is 0 Å². The second-order valence-electron chi connectivity index (χ2n) is 4.74. The minimum atomic E-state index is 0.109. The molecule has 0 aliphatic heterocycles. The molecule has 1 aliphatic rings. The van der Waals surface area contributed by atoms with Gasteiger partial charge in [-0.2, -0.15) is 0 Å². The van der Waals surface area contributed by atoms with E-state index in [9.17, 15) is 4.79 Å². The van der Waals surface area contributed by atoms with E-state index in [2.05, 4.69) is 4.98 Å². The highest BCUT2D eigenvalue weighted by molar-refractivity contribution is 5.88. The fraction of sp³-hybridized carbons (Fsp3) is 0.429. The summed E-state index contributed by atoms with van der Waals surface area (Å²) in [4.78, 5) is 18.3. The average molecular weight is 230 g/mol. The monoisotopic (exact) mass is 230 g/mol. The number of carbonyl (C=O) groups excluding carboxylic acids is 1. The number of aromatic nitrogens is 1. The van der Waals surface area contributed by atoms with Gasteiger partial charge in [-0.1, -0.05) is 11.6 Å². The fourth-order valence-electron chi connectivity index (χ4n) is 1.77. The molecule has 1 aliphatic carbocycles. The summed E-state index contributed by atoms with van der Waals surface area (Å²) in [5, 5.41) is 0. The number of hydrogen-bond acceptors (Lipinski definition) is 2. The molecular weight excluding hydrogens is 212 g/mol. The first kappa shape index (κ1) is 11.8. The van der Waals surface area contributed by atoms with E-state index in [1.165, 1.54) is 0 Å². The lowest BCUT2D eigenvalue weighted by molar-refractivity contribution is -0.127. The molecule has 1 amide bonds. The van der Waals surface area contributed by atoms with Gasteiger partial charge in [-0.25, -0.2) is 0 Å². The van der Waals surface area contributed by atoms with Crippen LogP contribution in [0.25, 0.3) is 0 Å². The SMILES string of the molecule is CC(C)=CC(=O)N(Cc1ccccn1)C1CC1. The Kier molecular flexibility index (Phi) is 3.57. The number of hydrogen-bond donors (Lipinski definition) is 0. The lowest BCUT2D eigenvalue weighted by atomic mass is 10.2. The predicted octanol–water partition coefficient (Wildman–Crippen LogP) is 2.54. The highest BCUT2D eigenvalue weighted by Crippen LogP contribution is 2.28. The summed E-state index contributed by atoms with van der Waals surface area (Å²) in [5.41, 5.74) is 2.00. The van der Waals surface area contributed by atoms with Gasteiger partial charge in [0.05, 0.1) is 12.2 Å². The van der Waals surface area contributed by atoms with Crippen molar-refractivity contribution in [2.45, 2.75) is 39.3 Å². The van der Waals surface area contributed by atoms with Crippen LogP contribution in [-0.2, 0) is 11.3 Å². The van der Waals surface area contributed by atoms with Crippen LogP contribution in [0.2, 0.25) is 0 Å². The van der Waals surface area contributed by atoms with Gasteiger partial charge in [-0.15, -0.1) is 0 Å². The molecule has 1 heterocycles. The van der Waals surface area contributed by atoms with Crippen LogP contribution in [0.5, 0.6) is 0 Å². The molecular formula is C14H18N2O. The van der Waals surface area contributed by atoms with Crippen molar-refractivity contribution in [3.63, 3.8) is 0 Å². The number of carbonyl (C=O) groups is 1. The summed E-state index contributed by atoms with van der Waals surface area (Å²) in [6.07, 6.45) is 5.72. The summed E-state index contributed by atoms with van der Waals surface area (Å²) < 4.78 is 0. The van der Waals surface area contributed by atoms with Crippen LogP contribution in [-0.4, -0.2) is 21.8 Å². The molecule has 0 unspecified atom stereocenters. The third kappa shape index (κ3) is 3.41. The first-order chi connectivity index (χ1) is 8.16. The average Bonchev–Trinajstić information content (AvgIpc) is 3.10. The Morgan fingerprint density at radius 2 is 2.24 bits per heavy atom. The lowest BCUT2D eigenvalue weighted by Gasteiger charge is -2.20. The highest BCUT2D eigenvalue weighted by atomic mass is 16.2. The van der Waals surface area contributed by atoms with Crippen molar-refractivity contribution >= 4 is 5.91 Å². The third-order valence-corrected chi connectivity index (χ3v) is 2.74. The van der Waals surface area contributed by atoms with E-state index in [0.717, 1.165) is 24.1 Å². The summed E-state index contributed by atoms with van der Waals surface area (Å²) in [5.74, 6) is 0.109. The smallest absolute Gasteiger partial charge is 0.247 e. The molecule has 3 nitrogen and oxygen atoms in total. The number of allylic oxidation sites excluding steroid dienone is 1. The zero-order valence-corrected chi connectivity index (χ0v) is 10.4. The number of rotatable bonds is 4. The van der Waals surface area contributed by atoms with Crippen LogP contribution < -0.4 is 0 Å². The summed E-state index contributed by atoms with van der Waals surface area (Å²) in [6.45, 7) is 4.52. The number of nitrogens with zero attached hydrogens (tertiary/aromatic N) is 2. The lowest BCUT2D eigenvalue weighted by Crippen LogP contribution is -2.31. The molecule has 1 fully saturated rings. The molecule has 3 heteroatoms. The van der Waals surface area contributed by atoms with E-state index in [1.807, 2.05) is 36.9 Å². The van der Waals surface area contributed by atoms with Crippen molar-refractivity contribution in [2.75, 3.05) is 0 Å². The van der Waals surface area contributed by atoms with Gasteiger partial charge < -0.3 is 4.90 Å². The van der Waals surface area contributed by atoms with Crippen LogP contribution >= 0.6 is 0 Å². The van der Waals surface area contributed by atoms with Gasteiger partial charge in [0.2, 0.25) is 5.91 Å². The van der Waals surface area contributed by atoms with Crippen LogP contribution in [0.1, 0.15) is 32.4 Å². The number of pyridine rings is 1. The summed E-state index contributed by atoms with van der Waals surface area (Å²) >= 11 is 0. The standard InChI is InChI=1S/C14H18N2O/c1-11(2)9-14(17)16(13-6-7-13)10-12-5-3-4-8-15-12/h3-5,8-9,13H,6-7,10H2,1-2H3. The second kappa shape index (κ2) is 5.13. The first-order valence-corrected chi connectivity index (χ1v) is 6.02. The van der Waals surface area contributed by atoms with E-state index in [-0.39, 0.29) is 5.91 Å². The minimum Gasteiger partial charge on any atom is -0.330 e. The van der Waals surface area contributed by atoms with Crippen molar-refractivity contribution in [2.24, 2.45) is 0 Å². The fourth-order valence-corrected chi connectivity index (χ4v) is 1.77. The van der Waals surface area contributed by atoms with Crippen molar-refractivity contribution < 1.29 is 4.79 Å². The molecule has 0 spiro atoms. The van der Waals surface area contributed by atoms with Crippen LogP contribution in [0.4, 0.5) is 0 Å². The van der Waals surface area contributed by atoms with Gasteiger partial charge in [0.1, 0.15) is 0 Å². The topological polar surface area (TPSA) is 33.2 Å². The molecule has 0 N–H and O–H groups in total. The maximum atomic E-state index is 12.1. The molecule has 0 radical (unpaired) electrons. The van der Waals surface area contributed by atoms with Crippen molar-refractivity contribution in [1.29, 1.82) is 0 Å². The molecule has 0 saturated heterocycles. The quantitative estimate of drug-likeness (QED) is 0.745. The summed E-state index contributed by atoms with van der Waals surface area (Å²) in [6, 6.07) is 6.23. The second-order valence-corrected chi connectivity index (χ2v) is 4.74. The molecule has 1 aromatic heterocycles. The molecule has 0 atom stereocenters. The molecule has 90 valence electrons. The van der Waals surface area contributed by atoms with Crippen molar-refractivity contribution in [1.82, 2.24) is 9.88 Å². The zero-order chi connectivity index (χ0) is 12.3. The third-order valence-electron chi connectivity index (χ3n) is 2.74. The van der Waals surface area contributed by atoms with E-state index < -0.39 is 0 Å². The van der Waals surface area contributed by atoms with Crippen LogP contribution in [0.3, 0.4) is 0 Å². The van der Waals surface area contributed by atoms with Gasteiger partial charge >= 0.3 is 0 Å². The molecule has 0 bridgehead atoms. The molecule has 1 saturated carbocycles. The van der Waals surface area contributed by atoms with Gasteiger partial charge in [-0.05, 0) is 38.8 Å². The van der Waals surface area contributed by atoms with Gasteiger partial charge in [-0.3, -0.25) is 9.78 Å². The van der Waals surface area contributed by atoms with Crippen molar-refractivity contribution in [3.8, 4) is 0 Å². The first-order valence-electron chi connectivity index (χ1n) is 6.02. The van der Waals surface area contributed by atoms with E-state index in [0.29, 0.717) is 12.6 Å². The molecule has 2 rings (SSSR count). The Hall–Kier alpha value is -1.64. The van der Waals surface area contributed by atoms with Crippen LogP contribution in [0.15, 0.2) is 36.0 Å². The Bertz CT molecular complexity index is 417. The largest absolute Gasteiger partial charge is 0.330 e. The van der Waals surface area contributed by atoms with Crippen molar-refractivity contribution in [3.05, 3.63) is 41.7 Å². The predicted molar refractivity (Wildman–Crippen MR) is 67.2 cm³/mol. The Balaban J connectivity index is 2.08. The van der Waals surface area contributed by atoms with Gasteiger partial charge in [0, 0.05) is 18.3 Å². The van der Waals surface area contributed by atoms with E-state index >= 15 is 0 Å². The summed E-state index contributed by atoms with van der Waals surface area (Å²) in [7, 11) is 0. The molecule has 1 aromatic rings. The maximum absolute atomic E-state index is 12.1. The van der Waals surface area contributed by atoms with Crippen LogP contribution in [0, 0.1) is 0 Å². The van der Waals surface area contributed by atoms with E-state index in [1.54, 1.807) is 12.3 Å². The van der Waals surface area contributed by atoms with Gasteiger partial charge in [0.15, 0.2) is 0 Å². The van der Waals surface area contributed by atoms with E-state index in [4.69, 9.17) is 0 Å². The maximum Gasteiger partial charge on any atom is 0.247 e. The normalized spacial score (nSPS) is 14.2. The minimum absolute atomic E-state index is 0.109. The number of amides is 1. The Labute approximate surface area is 102 Å². The zero-order valence-electron chi connectivity index (χ0n) is 10.4. The Morgan fingerprint density at radius 1 is 1.47 bits per heavy atom. The molecule has 0 aromatic carbocycles. The Morgan fingerprint density at radius 3 is 2.76 bits per heavy atom.